The molecule has 7 heteroatoms. The summed E-state index contributed by atoms with van der Waals surface area (Å²) >= 11 is 0. The van der Waals surface area contributed by atoms with Gasteiger partial charge >= 0.3 is 5.97 Å². The van der Waals surface area contributed by atoms with Crippen molar-refractivity contribution >= 4 is 15.8 Å². The first-order chi connectivity index (χ1) is 10.9. The Kier molecular flexibility index (Phi) is 5.13. The van der Waals surface area contributed by atoms with Crippen molar-refractivity contribution in [1.29, 1.82) is 0 Å². The van der Waals surface area contributed by atoms with Crippen LogP contribution in [0, 0.1) is 0 Å². The normalized spacial score (nSPS) is 11.8. The molecule has 0 amide bonds. The van der Waals surface area contributed by atoms with Gasteiger partial charge in [0.15, 0.2) is 9.84 Å². The highest BCUT2D eigenvalue weighted by Crippen LogP contribution is 2.21. The van der Waals surface area contributed by atoms with Crippen molar-refractivity contribution in [3.8, 4) is 17.0 Å². The Hall–Kier alpha value is -2.67. The number of methoxy groups -OCH3 is 1. The van der Waals surface area contributed by atoms with Gasteiger partial charge in [-0.1, -0.05) is 30.3 Å². The highest BCUT2D eigenvalue weighted by atomic mass is 32.2. The third-order valence-electron chi connectivity index (χ3n) is 2.77. The largest absolute Gasteiger partial charge is 0.463 e. The fourth-order valence-electron chi connectivity index (χ4n) is 1.76. The number of carbonyl (C=O) groups excluding carboxylic acids is 1. The quantitative estimate of drug-likeness (QED) is 0.474. The molecule has 0 unspecified atom stereocenters. The van der Waals surface area contributed by atoms with Crippen molar-refractivity contribution in [3.05, 3.63) is 59.8 Å². The molecule has 2 rings (SSSR count). The SMILES string of the molecule is COC(=O)C(=CS(C)(=O)=O)Oc1ccc(-c2ccccc2)cn1. The number of esters is 1. The molecule has 1 heterocycles. The average molecular weight is 333 g/mol. The number of aromatic nitrogens is 1. The van der Waals surface area contributed by atoms with E-state index >= 15 is 0 Å². The number of hydrogen-bond donors (Lipinski definition) is 0. The minimum absolute atomic E-state index is 0.0879. The van der Waals surface area contributed by atoms with Crippen LogP contribution < -0.4 is 4.74 Å². The summed E-state index contributed by atoms with van der Waals surface area (Å²) in [6.45, 7) is 0. The van der Waals surface area contributed by atoms with Crippen LogP contribution in [-0.4, -0.2) is 32.7 Å². The van der Waals surface area contributed by atoms with Gasteiger partial charge in [0.05, 0.1) is 12.5 Å². The zero-order chi connectivity index (χ0) is 16.9. The van der Waals surface area contributed by atoms with Gasteiger partial charge in [0.25, 0.3) is 0 Å². The molecule has 0 saturated carbocycles. The molecule has 0 saturated heterocycles. The summed E-state index contributed by atoms with van der Waals surface area (Å²) in [5.41, 5.74) is 1.84. The van der Waals surface area contributed by atoms with E-state index < -0.39 is 21.6 Å². The molecule has 0 fully saturated rings. The molecular formula is C16H15NO5S. The van der Waals surface area contributed by atoms with E-state index in [1.165, 1.54) is 0 Å². The summed E-state index contributed by atoms with van der Waals surface area (Å²) < 4.78 is 32.3. The fraction of sp³-hybridized carbons (Fsp3) is 0.125. The van der Waals surface area contributed by atoms with Crippen LogP contribution in [0.25, 0.3) is 11.1 Å². The van der Waals surface area contributed by atoms with Crippen LogP contribution in [0.4, 0.5) is 0 Å². The molecule has 0 bridgehead atoms. The Labute approximate surface area is 134 Å². The second kappa shape index (κ2) is 7.06. The summed E-state index contributed by atoms with van der Waals surface area (Å²) in [5, 5.41) is 0.700. The number of pyridine rings is 1. The van der Waals surface area contributed by atoms with Gasteiger partial charge in [0, 0.05) is 24.1 Å². The van der Waals surface area contributed by atoms with Crippen molar-refractivity contribution < 1.29 is 22.7 Å². The zero-order valence-electron chi connectivity index (χ0n) is 12.6. The lowest BCUT2D eigenvalue weighted by Gasteiger charge is -2.08. The van der Waals surface area contributed by atoms with Crippen molar-refractivity contribution in [2.45, 2.75) is 0 Å². The van der Waals surface area contributed by atoms with Crippen molar-refractivity contribution in [2.75, 3.05) is 13.4 Å². The lowest BCUT2D eigenvalue weighted by Crippen LogP contribution is -2.13. The van der Waals surface area contributed by atoms with Crippen molar-refractivity contribution in [3.63, 3.8) is 0 Å². The van der Waals surface area contributed by atoms with Gasteiger partial charge in [-0.05, 0) is 11.6 Å². The number of sulfone groups is 1. The Morgan fingerprint density at radius 1 is 1.09 bits per heavy atom. The first-order valence-corrected chi connectivity index (χ1v) is 8.54. The topological polar surface area (TPSA) is 82.6 Å². The molecule has 23 heavy (non-hydrogen) atoms. The van der Waals surface area contributed by atoms with E-state index in [0.717, 1.165) is 24.5 Å². The van der Waals surface area contributed by atoms with Gasteiger partial charge in [0.2, 0.25) is 11.6 Å². The molecule has 1 aromatic heterocycles. The second-order valence-electron chi connectivity index (χ2n) is 4.66. The van der Waals surface area contributed by atoms with E-state index in [2.05, 4.69) is 9.72 Å². The van der Waals surface area contributed by atoms with Gasteiger partial charge in [0.1, 0.15) is 0 Å². The van der Waals surface area contributed by atoms with E-state index in [-0.39, 0.29) is 5.88 Å². The van der Waals surface area contributed by atoms with Crippen LogP contribution in [0.3, 0.4) is 0 Å². The van der Waals surface area contributed by atoms with E-state index in [4.69, 9.17) is 4.74 Å². The van der Waals surface area contributed by atoms with Gasteiger partial charge < -0.3 is 9.47 Å². The van der Waals surface area contributed by atoms with E-state index in [0.29, 0.717) is 5.41 Å². The first-order valence-electron chi connectivity index (χ1n) is 6.58. The smallest absolute Gasteiger partial charge is 0.374 e. The van der Waals surface area contributed by atoms with E-state index in [1.54, 1.807) is 18.3 Å². The van der Waals surface area contributed by atoms with E-state index in [9.17, 15) is 13.2 Å². The Balaban J connectivity index is 2.25. The van der Waals surface area contributed by atoms with Gasteiger partial charge in [-0.25, -0.2) is 18.2 Å². The number of nitrogens with zero attached hydrogens (tertiary/aromatic N) is 1. The molecule has 6 nitrogen and oxygen atoms in total. The number of hydrogen-bond acceptors (Lipinski definition) is 6. The lowest BCUT2D eigenvalue weighted by atomic mass is 10.1. The standard InChI is InChI=1S/C16H15NO5S/c1-21-16(18)14(11-23(2,19)20)22-15-9-8-13(10-17-15)12-6-4-3-5-7-12/h3-11H,1-2H3. The first kappa shape index (κ1) is 16.7. The highest BCUT2D eigenvalue weighted by Gasteiger charge is 2.16. The fourth-order valence-corrected chi connectivity index (χ4v) is 2.30. The predicted octanol–water partition coefficient (Wildman–Crippen LogP) is 2.19. The predicted molar refractivity (Wildman–Crippen MR) is 85.2 cm³/mol. The van der Waals surface area contributed by atoms with Gasteiger partial charge in [-0.15, -0.1) is 0 Å². The molecule has 0 atom stereocenters. The summed E-state index contributed by atoms with van der Waals surface area (Å²) in [7, 11) is -2.43. The summed E-state index contributed by atoms with van der Waals surface area (Å²) in [6, 6.07) is 12.9. The molecule has 0 aliphatic carbocycles. The molecule has 0 radical (unpaired) electrons. The number of carbonyl (C=O) groups is 1. The molecule has 2 aromatic rings. The molecule has 120 valence electrons. The van der Waals surface area contributed by atoms with Crippen LogP contribution in [0.2, 0.25) is 0 Å². The average Bonchev–Trinajstić information content (AvgIpc) is 2.54. The minimum Gasteiger partial charge on any atom is -0.463 e. The van der Waals surface area contributed by atoms with Crippen LogP contribution in [-0.2, 0) is 19.4 Å². The monoisotopic (exact) mass is 333 g/mol. The van der Waals surface area contributed by atoms with Crippen LogP contribution in [0.15, 0.2) is 59.8 Å². The maximum atomic E-state index is 11.6. The number of rotatable bonds is 5. The molecule has 0 aliphatic heterocycles. The van der Waals surface area contributed by atoms with E-state index in [1.807, 2.05) is 30.3 Å². The number of ether oxygens (including phenoxy) is 2. The molecule has 0 aliphatic rings. The van der Waals surface area contributed by atoms with Crippen LogP contribution in [0.1, 0.15) is 0 Å². The number of benzene rings is 1. The van der Waals surface area contributed by atoms with Gasteiger partial charge in [-0.3, -0.25) is 0 Å². The summed E-state index contributed by atoms with van der Waals surface area (Å²) in [4.78, 5) is 15.7. The highest BCUT2D eigenvalue weighted by molar-refractivity contribution is 7.93. The Morgan fingerprint density at radius 3 is 2.30 bits per heavy atom. The third kappa shape index (κ3) is 4.93. The second-order valence-corrected chi connectivity index (χ2v) is 6.55. The zero-order valence-corrected chi connectivity index (χ0v) is 13.4. The van der Waals surface area contributed by atoms with Crippen LogP contribution in [0.5, 0.6) is 5.88 Å². The minimum atomic E-state index is -3.57. The Bertz CT molecular complexity index is 811. The molecular weight excluding hydrogens is 318 g/mol. The van der Waals surface area contributed by atoms with Crippen molar-refractivity contribution in [2.24, 2.45) is 0 Å². The summed E-state index contributed by atoms with van der Waals surface area (Å²) in [6.07, 6.45) is 2.52. The van der Waals surface area contributed by atoms with Gasteiger partial charge in [-0.2, -0.15) is 0 Å². The lowest BCUT2D eigenvalue weighted by molar-refractivity contribution is -0.138. The maximum Gasteiger partial charge on any atom is 0.374 e. The maximum absolute atomic E-state index is 11.6. The molecule has 0 N–H and O–H groups in total. The third-order valence-corrected chi connectivity index (χ3v) is 3.41. The van der Waals surface area contributed by atoms with Crippen molar-refractivity contribution in [1.82, 2.24) is 4.98 Å². The molecule has 1 aromatic carbocycles. The summed E-state index contributed by atoms with van der Waals surface area (Å²) in [5.74, 6) is -1.26. The van der Waals surface area contributed by atoms with Crippen LogP contribution >= 0.6 is 0 Å². The molecule has 0 spiro atoms. The Morgan fingerprint density at radius 2 is 1.78 bits per heavy atom.